The molecule has 1 unspecified atom stereocenters. The molecule has 1 heterocycles. The lowest BCUT2D eigenvalue weighted by Gasteiger charge is -2.07. The lowest BCUT2D eigenvalue weighted by molar-refractivity contribution is -0.119. The minimum absolute atomic E-state index is 0.179. The zero-order chi connectivity index (χ0) is 12.0. The maximum Gasteiger partial charge on any atom is 0.138 e. The van der Waals surface area contributed by atoms with Crippen LogP contribution in [0.25, 0.3) is 0 Å². The number of Topliss-reactive ketones (excluding diaryl/α,β-unsaturated/α-hetero) is 1. The molecule has 0 amide bonds. The molecule has 0 aliphatic carbocycles. The Morgan fingerprint density at radius 3 is 2.69 bits per heavy atom. The second-order valence-electron chi connectivity index (χ2n) is 4.02. The highest BCUT2D eigenvalue weighted by Gasteiger charge is 2.08. The van der Waals surface area contributed by atoms with Crippen molar-refractivity contribution in [2.45, 2.75) is 45.6 Å². The summed E-state index contributed by atoms with van der Waals surface area (Å²) >= 11 is 1.75. The second-order valence-corrected chi connectivity index (χ2v) is 5.27. The van der Waals surface area contributed by atoms with Gasteiger partial charge in [-0.25, -0.2) is 0 Å². The number of hydrogen-bond acceptors (Lipinski definition) is 3. The van der Waals surface area contributed by atoms with E-state index in [9.17, 15) is 4.79 Å². The van der Waals surface area contributed by atoms with Crippen LogP contribution in [-0.2, 0) is 22.4 Å². The Bertz CT molecular complexity index is 330. The van der Waals surface area contributed by atoms with Crippen molar-refractivity contribution in [3.8, 4) is 0 Å². The van der Waals surface area contributed by atoms with Gasteiger partial charge in [-0.3, -0.25) is 4.79 Å². The molecule has 0 radical (unpaired) electrons. The van der Waals surface area contributed by atoms with Crippen molar-refractivity contribution < 1.29 is 9.53 Å². The third-order valence-electron chi connectivity index (χ3n) is 2.67. The van der Waals surface area contributed by atoms with Gasteiger partial charge in [-0.1, -0.05) is 6.92 Å². The van der Waals surface area contributed by atoms with Crippen molar-refractivity contribution in [2.75, 3.05) is 7.11 Å². The van der Waals surface area contributed by atoms with E-state index in [0.717, 1.165) is 12.8 Å². The Morgan fingerprint density at radius 1 is 1.44 bits per heavy atom. The van der Waals surface area contributed by atoms with Crippen LogP contribution < -0.4 is 0 Å². The van der Waals surface area contributed by atoms with Gasteiger partial charge >= 0.3 is 0 Å². The van der Waals surface area contributed by atoms with Crippen LogP contribution in [-0.4, -0.2) is 19.0 Å². The number of hydrogen-bond donors (Lipinski definition) is 0. The molecule has 0 aromatic carbocycles. The molecule has 0 saturated carbocycles. The van der Waals surface area contributed by atoms with E-state index in [0.29, 0.717) is 18.6 Å². The van der Waals surface area contributed by atoms with Gasteiger partial charge in [-0.2, -0.15) is 0 Å². The van der Waals surface area contributed by atoms with Gasteiger partial charge in [-0.05, 0) is 31.9 Å². The van der Waals surface area contributed by atoms with Crippen LogP contribution in [0.5, 0.6) is 0 Å². The molecule has 0 aliphatic heterocycles. The molecule has 16 heavy (non-hydrogen) atoms. The van der Waals surface area contributed by atoms with E-state index < -0.39 is 0 Å². The molecule has 0 spiro atoms. The normalized spacial score (nSPS) is 12.7. The minimum Gasteiger partial charge on any atom is -0.382 e. The molecule has 1 atom stereocenters. The summed E-state index contributed by atoms with van der Waals surface area (Å²) < 4.78 is 5.12. The van der Waals surface area contributed by atoms with Gasteiger partial charge in [0.25, 0.3) is 0 Å². The molecule has 0 aliphatic rings. The quantitative estimate of drug-likeness (QED) is 0.731. The van der Waals surface area contributed by atoms with Crippen molar-refractivity contribution in [3.05, 3.63) is 21.9 Å². The SMILES string of the molecule is CCc1ccc(CC(=O)CCC(C)OC)s1. The van der Waals surface area contributed by atoms with Crippen LogP contribution in [0.15, 0.2) is 12.1 Å². The smallest absolute Gasteiger partial charge is 0.138 e. The Morgan fingerprint density at radius 2 is 2.12 bits per heavy atom. The number of rotatable bonds is 7. The fourth-order valence-electron chi connectivity index (χ4n) is 1.47. The van der Waals surface area contributed by atoms with Crippen LogP contribution in [0.2, 0.25) is 0 Å². The van der Waals surface area contributed by atoms with Crippen molar-refractivity contribution in [2.24, 2.45) is 0 Å². The lowest BCUT2D eigenvalue weighted by Crippen LogP contribution is -2.09. The number of thiophene rings is 1. The highest BCUT2D eigenvalue weighted by molar-refractivity contribution is 7.12. The maximum absolute atomic E-state index is 11.7. The topological polar surface area (TPSA) is 26.3 Å². The summed E-state index contributed by atoms with van der Waals surface area (Å²) in [4.78, 5) is 14.2. The molecule has 1 aromatic rings. The second kappa shape index (κ2) is 6.81. The number of methoxy groups -OCH3 is 1. The van der Waals surface area contributed by atoms with E-state index in [4.69, 9.17) is 4.74 Å². The van der Waals surface area contributed by atoms with Gasteiger partial charge < -0.3 is 4.74 Å². The average Bonchev–Trinajstić information content (AvgIpc) is 2.73. The van der Waals surface area contributed by atoms with E-state index >= 15 is 0 Å². The van der Waals surface area contributed by atoms with Gasteiger partial charge in [0.2, 0.25) is 0 Å². The summed E-state index contributed by atoms with van der Waals surface area (Å²) in [5.41, 5.74) is 0. The van der Waals surface area contributed by atoms with E-state index in [2.05, 4.69) is 19.1 Å². The van der Waals surface area contributed by atoms with Gasteiger partial charge in [0.15, 0.2) is 0 Å². The molecule has 90 valence electrons. The van der Waals surface area contributed by atoms with E-state index in [-0.39, 0.29) is 6.10 Å². The standard InChI is InChI=1S/C13H20O2S/c1-4-12-7-8-13(16-12)9-11(14)6-5-10(2)15-3/h7-8,10H,4-6,9H2,1-3H3. The van der Waals surface area contributed by atoms with E-state index in [1.165, 1.54) is 9.75 Å². The molecular formula is C13H20O2S. The zero-order valence-electron chi connectivity index (χ0n) is 10.3. The van der Waals surface area contributed by atoms with Gasteiger partial charge in [0.05, 0.1) is 6.10 Å². The summed E-state index contributed by atoms with van der Waals surface area (Å²) in [5.74, 6) is 0.313. The first-order chi connectivity index (χ1) is 7.65. The Balaban J connectivity index is 2.33. The number of aryl methyl sites for hydroxylation is 1. The number of carbonyl (C=O) groups excluding carboxylic acids is 1. The third-order valence-corrected chi connectivity index (χ3v) is 3.90. The molecule has 0 N–H and O–H groups in total. The molecule has 3 heteroatoms. The molecule has 0 bridgehead atoms. The van der Waals surface area contributed by atoms with E-state index in [1.807, 2.05) is 6.92 Å². The molecule has 1 rings (SSSR count). The van der Waals surface area contributed by atoms with Crippen molar-refractivity contribution in [1.29, 1.82) is 0 Å². The summed E-state index contributed by atoms with van der Waals surface area (Å²) in [6.07, 6.45) is 3.26. The summed E-state index contributed by atoms with van der Waals surface area (Å²) in [5, 5.41) is 0. The summed E-state index contributed by atoms with van der Waals surface area (Å²) in [6.45, 7) is 4.13. The van der Waals surface area contributed by atoms with Gasteiger partial charge in [0.1, 0.15) is 5.78 Å². The van der Waals surface area contributed by atoms with Crippen LogP contribution in [0.1, 0.15) is 36.4 Å². The third kappa shape index (κ3) is 4.45. The fourth-order valence-corrected chi connectivity index (χ4v) is 2.46. The highest BCUT2D eigenvalue weighted by atomic mass is 32.1. The minimum atomic E-state index is 0.179. The Hall–Kier alpha value is -0.670. The average molecular weight is 240 g/mol. The number of carbonyl (C=O) groups is 1. The maximum atomic E-state index is 11.7. The van der Waals surface area contributed by atoms with Gasteiger partial charge in [0, 0.05) is 29.7 Å². The lowest BCUT2D eigenvalue weighted by atomic mass is 10.1. The van der Waals surface area contributed by atoms with Crippen LogP contribution in [0.3, 0.4) is 0 Å². The summed E-state index contributed by atoms with van der Waals surface area (Å²) in [6, 6.07) is 4.19. The first-order valence-electron chi connectivity index (χ1n) is 5.77. The van der Waals surface area contributed by atoms with Crippen molar-refractivity contribution >= 4 is 17.1 Å². The first-order valence-corrected chi connectivity index (χ1v) is 6.59. The Kier molecular flexibility index (Phi) is 5.71. The highest BCUT2D eigenvalue weighted by Crippen LogP contribution is 2.18. The number of ether oxygens (including phenoxy) is 1. The van der Waals surface area contributed by atoms with E-state index in [1.54, 1.807) is 18.4 Å². The monoisotopic (exact) mass is 240 g/mol. The zero-order valence-corrected chi connectivity index (χ0v) is 11.1. The Labute approximate surface area is 102 Å². The van der Waals surface area contributed by atoms with Crippen molar-refractivity contribution in [3.63, 3.8) is 0 Å². The van der Waals surface area contributed by atoms with Crippen LogP contribution in [0.4, 0.5) is 0 Å². The first kappa shape index (κ1) is 13.4. The molecule has 0 fully saturated rings. The molecule has 1 aromatic heterocycles. The molecule has 0 saturated heterocycles. The summed E-state index contributed by atoms with van der Waals surface area (Å²) in [7, 11) is 1.68. The van der Waals surface area contributed by atoms with Crippen LogP contribution >= 0.6 is 11.3 Å². The largest absolute Gasteiger partial charge is 0.382 e. The van der Waals surface area contributed by atoms with Crippen LogP contribution in [0, 0.1) is 0 Å². The predicted octanol–water partition coefficient (Wildman–Crippen LogP) is 3.24. The fraction of sp³-hybridized carbons (Fsp3) is 0.615. The number of ketones is 1. The van der Waals surface area contributed by atoms with Gasteiger partial charge in [-0.15, -0.1) is 11.3 Å². The predicted molar refractivity (Wildman–Crippen MR) is 68.1 cm³/mol. The van der Waals surface area contributed by atoms with Crippen molar-refractivity contribution in [1.82, 2.24) is 0 Å². The molecular weight excluding hydrogens is 220 g/mol. The molecule has 2 nitrogen and oxygen atoms in total.